The van der Waals surface area contributed by atoms with E-state index in [1.165, 1.54) is 16.7 Å². The molecular weight excluding hydrogens is 214 g/mol. The molecule has 0 spiro atoms. The van der Waals surface area contributed by atoms with Gasteiger partial charge in [0.05, 0.1) is 12.5 Å². The van der Waals surface area contributed by atoms with Gasteiger partial charge in [-0.15, -0.1) is 0 Å². The van der Waals surface area contributed by atoms with Crippen molar-refractivity contribution in [2.45, 2.75) is 33.2 Å². The zero-order valence-corrected chi connectivity index (χ0v) is 10.4. The summed E-state index contributed by atoms with van der Waals surface area (Å²) >= 11 is 0. The van der Waals surface area contributed by atoms with Crippen molar-refractivity contribution in [3.05, 3.63) is 46.6 Å². The van der Waals surface area contributed by atoms with E-state index in [0.717, 1.165) is 0 Å². The van der Waals surface area contributed by atoms with E-state index in [2.05, 4.69) is 42.2 Å². The first kappa shape index (κ1) is 11.8. The molecule has 0 aliphatic carbocycles. The fraction of sp³-hybridized carbons (Fsp3) is 0.385. The molecule has 0 radical (unpaired) electrons. The average Bonchev–Trinajstić information content (AvgIpc) is 2.72. The van der Waals surface area contributed by atoms with E-state index in [9.17, 15) is 0 Å². The third-order valence-electron chi connectivity index (χ3n) is 2.74. The van der Waals surface area contributed by atoms with Crippen LogP contribution in [-0.4, -0.2) is 10.1 Å². The number of aryl methyl sites for hydroxylation is 2. The molecule has 1 heterocycles. The van der Waals surface area contributed by atoms with Crippen LogP contribution in [-0.2, 0) is 6.42 Å². The molecule has 1 aromatic carbocycles. The lowest BCUT2D eigenvalue weighted by Crippen LogP contribution is -2.06. The molecule has 0 aliphatic heterocycles. The number of aromatic nitrogens is 2. The first-order chi connectivity index (χ1) is 8.06. The van der Waals surface area contributed by atoms with Crippen molar-refractivity contribution in [2.24, 2.45) is 5.73 Å². The first-order valence-electron chi connectivity index (χ1n) is 5.70. The van der Waals surface area contributed by atoms with Crippen LogP contribution in [0.25, 0.3) is 0 Å². The number of benzene rings is 1. The molecule has 0 saturated carbocycles. The van der Waals surface area contributed by atoms with Crippen molar-refractivity contribution in [3.63, 3.8) is 0 Å². The molecule has 17 heavy (non-hydrogen) atoms. The van der Waals surface area contributed by atoms with Gasteiger partial charge in [0, 0.05) is 0 Å². The van der Waals surface area contributed by atoms with Crippen LogP contribution in [0.15, 0.2) is 22.7 Å². The summed E-state index contributed by atoms with van der Waals surface area (Å²) in [6, 6.07) is 6.16. The van der Waals surface area contributed by atoms with Gasteiger partial charge in [0.15, 0.2) is 5.82 Å². The third kappa shape index (κ3) is 2.71. The van der Waals surface area contributed by atoms with Crippen molar-refractivity contribution in [2.75, 3.05) is 0 Å². The van der Waals surface area contributed by atoms with E-state index >= 15 is 0 Å². The van der Waals surface area contributed by atoms with Crippen LogP contribution >= 0.6 is 0 Å². The summed E-state index contributed by atoms with van der Waals surface area (Å²) in [5, 5.41) is 3.85. The van der Waals surface area contributed by atoms with E-state index in [0.29, 0.717) is 18.1 Å². The lowest BCUT2D eigenvalue weighted by molar-refractivity contribution is 0.376. The number of rotatable bonds is 3. The summed E-state index contributed by atoms with van der Waals surface area (Å²) in [7, 11) is 0. The highest BCUT2D eigenvalue weighted by atomic mass is 16.5. The normalized spacial score (nSPS) is 12.7. The van der Waals surface area contributed by atoms with Crippen LogP contribution in [0, 0.1) is 13.8 Å². The summed E-state index contributed by atoms with van der Waals surface area (Å²) in [5.41, 5.74) is 9.37. The highest BCUT2D eigenvalue weighted by molar-refractivity contribution is 5.32. The lowest BCUT2D eigenvalue weighted by atomic mass is 10.0. The Bertz CT molecular complexity index is 517. The number of hydrogen-bond donors (Lipinski definition) is 1. The van der Waals surface area contributed by atoms with Crippen LogP contribution in [0.5, 0.6) is 0 Å². The second kappa shape index (κ2) is 4.67. The summed E-state index contributed by atoms with van der Waals surface area (Å²) in [6.07, 6.45) is 0.660. The second-order valence-corrected chi connectivity index (χ2v) is 4.44. The summed E-state index contributed by atoms with van der Waals surface area (Å²) in [5.74, 6) is 1.18. The van der Waals surface area contributed by atoms with Gasteiger partial charge in [0.1, 0.15) is 0 Å². The SMILES string of the molecule is Cc1ccc(C)c(Cc2nc(C(C)N)no2)c1. The zero-order chi connectivity index (χ0) is 12.4. The van der Waals surface area contributed by atoms with Gasteiger partial charge >= 0.3 is 0 Å². The topological polar surface area (TPSA) is 64.9 Å². The Morgan fingerprint density at radius 2 is 2.12 bits per heavy atom. The van der Waals surface area contributed by atoms with E-state index in [1.54, 1.807) is 0 Å². The molecule has 1 aromatic heterocycles. The molecule has 1 unspecified atom stereocenters. The fourth-order valence-corrected chi connectivity index (χ4v) is 1.68. The fourth-order valence-electron chi connectivity index (χ4n) is 1.68. The lowest BCUT2D eigenvalue weighted by Gasteiger charge is -2.03. The minimum Gasteiger partial charge on any atom is -0.339 e. The molecule has 2 N–H and O–H groups in total. The largest absolute Gasteiger partial charge is 0.339 e. The molecule has 0 fully saturated rings. The van der Waals surface area contributed by atoms with Gasteiger partial charge in [-0.25, -0.2) is 0 Å². The van der Waals surface area contributed by atoms with Crippen molar-refractivity contribution >= 4 is 0 Å². The molecule has 4 nitrogen and oxygen atoms in total. The van der Waals surface area contributed by atoms with Crippen LogP contribution in [0.2, 0.25) is 0 Å². The predicted molar refractivity (Wildman–Crippen MR) is 65.6 cm³/mol. The average molecular weight is 231 g/mol. The van der Waals surface area contributed by atoms with Gasteiger partial charge in [-0.05, 0) is 31.9 Å². The van der Waals surface area contributed by atoms with Crippen molar-refractivity contribution in [1.29, 1.82) is 0 Å². The van der Waals surface area contributed by atoms with Crippen LogP contribution < -0.4 is 5.73 Å². The summed E-state index contributed by atoms with van der Waals surface area (Å²) < 4.78 is 5.18. The Kier molecular flexibility index (Phi) is 3.24. The van der Waals surface area contributed by atoms with Crippen molar-refractivity contribution in [1.82, 2.24) is 10.1 Å². The minimum atomic E-state index is -0.189. The van der Waals surface area contributed by atoms with Crippen molar-refractivity contribution in [3.8, 4) is 0 Å². The number of nitrogens with zero attached hydrogens (tertiary/aromatic N) is 2. The van der Waals surface area contributed by atoms with E-state index in [4.69, 9.17) is 10.3 Å². The third-order valence-corrected chi connectivity index (χ3v) is 2.74. The zero-order valence-electron chi connectivity index (χ0n) is 10.4. The van der Waals surface area contributed by atoms with E-state index < -0.39 is 0 Å². The smallest absolute Gasteiger partial charge is 0.231 e. The summed E-state index contributed by atoms with van der Waals surface area (Å²) in [4.78, 5) is 4.27. The summed E-state index contributed by atoms with van der Waals surface area (Å²) in [6.45, 7) is 5.99. The molecule has 0 aliphatic rings. The molecule has 4 heteroatoms. The Balaban J connectivity index is 2.22. The van der Waals surface area contributed by atoms with Gasteiger partial charge in [-0.3, -0.25) is 0 Å². The van der Waals surface area contributed by atoms with E-state index in [1.807, 2.05) is 6.92 Å². The molecular formula is C13H17N3O. The van der Waals surface area contributed by atoms with Crippen LogP contribution in [0.4, 0.5) is 0 Å². The monoisotopic (exact) mass is 231 g/mol. The maximum atomic E-state index is 5.69. The number of nitrogens with two attached hydrogens (primary N) is 1. The molecule has 0 amide bonds. The van der Waals surface area contributed by atoms with Gasteiger partial charge < -0.3 is 10.3 Å². The minimum absolute atomic E-state index is 0.189. The second-order valence-electron chi connectivity index (χ2n) is 4.44. The van der Waals surface area contributed by atoms with Gasteiger partial charge in [0.2, 0.25) is 5.89 Å². The standard InChI is InChI=1S/C13H17N3O/c1-8-4-5-9(2)11(6-8)7-12-15-13(10(3)14)16-17-12/h4-6,10H,7,14H2,1-3H3. The maximum Gasteiger partial charge on any atom is 0.231 e. The molecule has 2 rings (SSSR count). The molecule has 1 atom stereocenters. The molecule has 0 bridgehead atoms. The van der Waals surface area contributed by atoms with Crippen molar-refractivity contribution < 1.29 is 4.52 Å². The van der Waals surface area contributed by atoms with E-state index in [-0.39, 0.29) is 6.04 Å². The first-order valence-corrected chi connectivity index (χ1v) is 5.70. The quantitative estimate of drug-likeness (QED) is 0.880. The highest BCUT2D eigenvalue weighted by Gasteiger charge is 2.11. The Morgan fingerprint density at radius 3 is 2.76 bits per heavy atom. The van der Waals surface area contributed by atoms with Gasteiger partial charge in [-0.2, -0.15) is 4.98 Å². The highest BCUT2D eigenvalue weighted by Crippen LogP contribution is 2.15. The number of hydrogen-bond acceptors (Lipinski definition) is 4. The predicted octanol–water partition coefficient (Wildman–Crippen LogP) is 2.30. The molecule has 90 valence electrons. The molecule has 2 aromatic rings. The Morgan fingerprint density at radius 1 is 1.35 bits per heavy atom. The Labute approximate surface area is 101 Å². The van der Waals surface area contributed by atoms with Crippen LogP contribution in [0.3, 0.4) is 0 Å². The Hall–Kier alpha value is -1.68. The molecule has 0 saturated heterocycles. The van der Waals surface area contributed by atoms with Crippen LogP contribution in [0.1, 0.15) is 41.4 Å². The maximum absolute atomic E-state index is 5.69. The van der Waals surface area contributed by atoms with Gasteiger partial charge in [-0.1, -0.05) is 28.9 Å². The van der Waals surface area contributed by atoms with Gasteiger partial charge in [0.25, 0.3) is 0 Å².